The fourth-order valence-corrected chi connectivity index (χ4v) is 7.07. The minimum absolute atomic E-state index is 0.0644. The van der Waals surface area contributed by atoms with Gasteiger partial charge in [0.15, 0.2) is 12.4 Å². The maximum absolute atomic E-state index is 13.9. The summed E-state index contributed by atoms with van der Waals surface area (Å²) in [7, 11) is -4.44. The number of aliphatic hydroxyl groups excluding tert-OH is 3. The van der Waals surface area contributed by atoms with Crippen molar-refractivity contribution >= 4 is 30.5 Å². The van der Waals surface area contributed by atoms with E-state index in [2.05, 4.69) is 0 Å². The number of nitrogens with zero attached hydrogens (tertiary/aromatic N) is 1. The maximum atomic E-state index is 13.9. The summed E-state index contributed by atoms with van der Waals surface area (Å²) in [5, 5.41) is 51.7. The molecule has 2 aliphatic rings. The van der Waals surface area contributed by atoms with Crippen molar-refractivity contribution in [3.63, 3.8) is 0 Å². The Hall–Kier alpha value is -4.50. The van der Waals surface area contributed by atoms with E-state index in [1.54, 1.807) is 47.4 Å². The van der Waals surface area contributed by atoms with Gasteiger partial charge < -0.3 is 49.7 Å². The van der Waals surface area contributed by atoms with E-state index in [9.17, 15) is 53.9 Å². The average Bonchev–Trinajstić information content (AvgIpc) is 3.10. The van der Waals surface area contributed by atoms with E-state index in [1.165, 1.54) is 54.6 Å². The van der Waals surface area contributed by atoms with Gasteiger partial charge in [-0.3, -0.25) is 9.36 Å². The molecule has 0 saturated carbocycles. The van der Waals surface area contributed by atoms with Crippen molar-refractivity contribution in [2.75, 3.05) is 4.90 Å². The number of β-lactam (4-membered cyclic amide) rings is 1. The summed E-state index contributed by atoms with van der Waals surface area (Å²) < 4.78 is 36.8. The number of phenolic OH excluding ortho intramolecular Hbond substituents is 1. The predicted octanol–water partition coefficient (Wildman–Crippen LogP) is 3.14. The van der Waals surface area contributed by atoms with Crippen LogP contribution in [0.4, 0.5) is 10.1 Å². The number of aliphatic carboxylic acids is 1. The number of amides is 1. The highest BCUT2D eigenvalue weighted by Gasteiger charge is 2.51. The number of carbonyl (C=O) groups excluding carboxylic acids is 1. The molecule has 0 spiro atoms. The predicted molar refractivity (Wildman–Crippen MR) is 179 cm³/mol. The van der Waals surface area contributed by atoms with Crippen molar-refractivity contribution in [1.82, 2.24) is 0 Å². The molecule has 2 aliphatic heterocycles. The van der Waals surface area contributed by atoms with E-state index < -0.39 is 68.2 Å². The Morgan fingerprint density at radius 3 is 2.14 bits per heavy atom. The number of ether oxygens (including phenoxy) is 2. The van der Waals surface area contributed by atoms with E-state index in [0.717, 1.165) is 0 Å². The number of carbonyl (C=O) groups is 2. The monoisotopic (exact) mass is 723 g/mol. The van der Waals surface area contributed by atoms with Gasteiger partial charge >= 0.3 is 13.6 Å². The first-order valence-corrected chi connectivity index (χ1v) is 17.6. The molecule has 2 heterocycles. The molecule has 2 saturated heterocycles. The Labute approximate surface area is 290 Å². The molecule has 4 aromatic carbocycles. The van der Waals surface area contributed by atoms with Gasteiger partial charge in [-0.05, 0) is 72.0 Å². The van der Waals surface area contributed by atoms with Gasteiger partial charge in [0.05, 0.1) is 23.4 Å². The number of rotatable bonds is 11. The minimum atomic E-state index is -4.44. The lowest BCUT2D eigenvalue weighted by Gasteiger charge is -2.48. The zero-order chi connectivity index (χ0) is 36.6. The summed E-state index contributed by atoms with van der Waals surface area (Å²) in [6.07, 6.45) is -10.1. The highest BCUT2D eigenvalue weighted by Crippen LogP contribution is 2.49. The molecular formula is C36H35FNO12P. The first-order chi connectivity index (χ1) is 24.2. The maximum Gasteiger partial charge on any atom is 0.356 e. The Bertz CT molecular complexity index is 1920. The molecule has 2 fully saturated rings. The third kappa shape index (κ3) is 7.45. The summed E-state index contributed by atoms with van der Waals surface area (Å²) in [6, 6.07) is 23.9. The van der Waals surface area contributed by atoms with Crippen molar-refractivity contribution in [2.45, 2.75) is 55.7 Å². The second kappa shape index (κ2) is 14.6. The van der Waals surface area contributed by atoms with Gasteiger partial charge in [-0.15, -0.1) is 0 Å². The Morgan fingerprint density at radius 1 is 0.882 bits per heavy atom. The summed E-state index contributed by atoms with van der Waals surface area (Å²) in [6.45, 7) is 0. The molecule has 7 N–H and O–H groups in total. The van der Waals surface area contributed by atoms with Crippen LogP contribution in [0.15, 0.2) is 97.1 Å². The highest BCUT2D eigenvalue weighted by molar-refractivity contribution is 7.60. The van der Waals surface area contributed by atoms with Gasteiger partial charge in [-0.25, -0.2) is 9.18 Å². The number of carboxylic acids is 1. The summed E-state index contributed by atoms with van der Waals surface area (Å²) in [5.41, 5.74) is 2.55. The van der Waals surface area contributed by atoms with Gasteiger partial charge in [-0.1, -0.05) is 54.6 Å². The number of anilines is 1. The number of phenols is 1. The van der Waals surface area contributed by atoms with Gasteiger partial charge in [0.25, 0.3) is 0 Å². The van der Waals surface area contributed by atoms with Gasteiger partial charge in [-0.2, -0.15) is 0 Å². The second-order valence-corrected chi connectivity index (χ2v) is 14.1. The SMILES string of the molecule is O=C(O)[C@H]1O[C@@H](O[C@@H](CC[C@H]2C(=O)N(c3ccccc3)[C@@H]2c2ccc(-c3ccc(P(=O)(O)O)cc3)cc2O)c2ccc(F)cc2)[C@H](O)[C@@H](O)[C@@H]1O. The molecule has 13 nitrogen and oxygen atoms in total. The van der Waals surface area contributed by atoms with Crippen molar-refractivity contribution in [3.05, 3.63) is 114 Å². The zero-order valence-corrected chi connectivity index (χ0v) is 27.6. The van der Waals surface area contributed by atoms with E-state index in [1.807, 2.05) is 0 Å². The molecule has 8 atom stereocenters. The normalized spacial score (nSPS) is 25.6. The van der Waals surface area contributed by atoms with Crippen molar-refractivity contribution in [3.8, 4) is 16.9 Å². The molecule has 6 rings (SSSR count). The van der Waals surface area contributed by atoms with Crippen LogP contribution in [-0.2, 0) is 23.6 Å². The van der Waals surface area contributed by atoms with Crippen LogP contribution in [0.2, 0.25) is 0 Å². The lowest BCUT2D eigenvalue weighted by Crippen LogP contribution is -2.60. The lowest BCUT2D eigenvalue weighted by molar-refractivity contribution is -0.306. The second-order valence-electron chi connectivity index (χ2n) is 12.4. The molecule has 268 valence electrons. The lowest BCUT2D eigenvalue weighted by atomic mass is 9.77. The number of aliphatic hydroxyl groups is 3. The number of hydrogen-bond donors (Lipinski definition) is 7. The molecule has 0 aliphatic carbocycles. The van der Waals surface area contributed by atoms with Gasteiger partial charge in [0.1, 0.15) is 29.9 Å². The van der Waals surface area contributed by atoms with Crippen molar-refractivity contribution in [1.29, 1.82) is 0 Å². The minimum Gasteiger partial charge on any atom is -0.508 e. The largest absolute Gasteiger partial charge is 0.508 e. The number of aromatic hydroxyl groups is 1. The summed E-state index contributed by atoms with van der Waals surface area (Å²) >= 11 is 0. The molecule has 15 heteroatoms. The number of carboxylic acid groups (broad SMARTS) is 1. The molecule has 1 amide bonds. The fraction of sp³-hybridized carbons (Fsp3) is 0.278. The highest BCUT2D eigenvalue weighted by atomic mass is 31.2. The Balaban J connectivity index is 1.29. The first-order valence-electron chi connectivity index (χ1n) is 16.0. The van der Waals surface area contributed by atoms with Gasteiger partial charge in [0, 0.05) is 11.3 Å². The third-order valence-electron chi connectivity index (χ3n) is 9.23. The third-order valence-corrected chi connectivity index (χ3v) is 10.2. The molecular weight excluding hydrogens is 688 g/mol. The van der Waals surface area contributed by atoms with Crippen LogP contribution in [0, 0.1) is 11.7 Å². The van der Waals surface area contributed by atoms with Crippen LogP contribution in [0.25, 0.3) is 11.1 Å². The van der Waals surface area contributed by atoms with Gasteiger partial charge in [0.2, 0.25) is 5.91 Å². The first kappa shape index (κ1) is 36.3. The quantitative estimate of drug-likeness (QED) is 0.0879. The molecule has 0 bridgehead atoms. The van der Waals surface area contributed by atoms with Crippen LogP contribution in [0.3, 0.4) is 0 Å². The number of hydrogen-bond acceptors (Lipinski definition) is 9. The summed E-state index contributed by atoms with van der Waals surface area (Å²) in [5.74, 6) is -3.24. The van der Waals surface area contributed by atoms with Crippen molar-refractivity contribution in [2.24, 2.45) is 5.92 Å². The average molecular weight is 724 g/mol. The van der Waals surface area contributed by atoms with E-state index in [0.29, 0.717) is 27.9 Å². The Kier molecular flexibility index (Phi) is 10.4. The Morgan fingerprint density at radius 2 is 1.53 bits per heavy atom. The topological polar surface area (TPSA) is 215 Å². The van der Waals surface area contributed by atoms with Crippen LogP contribution in [0.5, 0.6) is 5.75 Å². The van der Waals surface area contributed by atoms with Crippen LogP contribution in [-0.4, -0.2) is 77.9 Å². The number of benzene rings is 4. The van der Waals surface area contributed by atoms with Crippen LogP contribution >= 0.6 is 7.60 Å². The molecule has 51 heavy (non-hydrogen) atoms. The van der Waals surface area contributed by atoms with E-state index >= 15 is 0 Å². The number of halogens is 1. The zero-order valence-electron chi connectivity index (χ0n) is 26.7. The number of para-hydroxylation sites is 1. The molecule has 4 aromatic rings. The van der Waals surface area contributed by atoms with Crippen molar-refractivity contribution < 1.29 is 63.3 Å². The summed E-state index contributed by atoms with van der Waals surface area (Å²) in [4.78, 5) is 45.9. The molecule has 0 aromatic heterocycles. The molecule has 0 unspecified atom stereocenters. The van der Waals surface area contributed by atoms with E-state index in [-0.39, 0.29) is 29.8 Å². The van der Waals surface area contributed by atoms with Crippen LogP contribution < -0.4 is 10.2 Å². The smallest absolute Gasteiger partial charge is 0.356 e. The van der Waals surface area contributed by atoms with Crippen LogP contribution in [0.1, 0.15) is 36.1 Å². The fourth-order valence-electron chi connectivity index (χ4n) is 6.53. The molecule has 0 radical (unpaired) electrons. The standard InChI is InChI=1S/C36H35FNO12P/c37-22-11-6-20(7-12-22)28(49-36-32(42)30(40)31(41)33(50-36)35(44)45)17-16-26-29(38(34(26)43)23-4-2-1-3-5-23)25-15-10-21(18-27(25)39)19-8-13-24(14-9-19)51(46,47)48/h1-15,18,26,28-33,36,39-42H,16-17H2,(H,44,45)(H2,46,47,48)/t26-,28+,29-,30+,31+,32-,33+,36-/m1/s1. The van der Waals surface area contributed by atoms with E-state index in [4.69, 9.17) is 9.47 Å².